The monoisotopic (exact) mass is 441 g/mol. The van der Waals surface area contributed by atoms with E-state index in [0.29, 0.717) is 28.2 Å². The van der Waals surface area contributed by atoms with Gasteiger partial charge < -0.3 is 9.88 Å². The molecule has 1 aromatic carbocycles. The van der Waals surface area contributed by atoms with Gasteiger partial charge in [-0.3, -0.25) is 9.78 Å². The molecular formula is C17H14Cl3N5OS. The highest BCUT2D eigenvalue weighted by atomic mass is 35.5. The van der Waals surface area contributed by atoms with Crippen molar-refractivity contribution in [2.24, 2.45) is 0 Å². The average molecular weight is 443 g/mol. The Morgan fingerprint density at radius 3 is 2.59 bits per heavy atom. The van der Waals surface area contributed by atoms with E-state index in [9.17, 15) is 4.79 Å². The van der Waals surface area contributed by atoms with Gasteiger partial charge >= 0.3 is 0 Å². The van der Waals surface area contributed by atoms with Gasteiger partial charge in [-0.2, -0.15) is 0 Å². The summed E-state index contributed by atoms with van der Waals surface area (Å²) in [7, 11) is 0. The maximum absolute atomic E-state index is 12.3. The molecule has 0 unspecified atom stereocenters. The van der Waals surface area contributed by atoms with Crippen molar-refractivity contribution in [3.63, 3.8) is 0 Å². The van der Waals surface area contributed by atoms with Crippen molar-refractivity contribution in [1.82, 2.24) is 19.7 Å². The van der Waals surface area contributed by atoms with Gasteiger partial charge in [-0.1, -0.05) is 46.6 Å². The van der Waals surface area contributed by atoms with E-state index in [1.54, 1.807) is 12.4 Å². The molecule has 1 N–H and O–H groups in total. The molecule has 2 aromatic heterocycles. The van der Waals surface area contributed by atoms with E-state index in [1.165, 1.54) is 23.9 Å². The Bertz CT molecular complexity index is 941. The minimum Gasteiger partial charge on any atom is -0.323 e. The minimum atomic E-state index is -0.264. The van der Waals surface area contributed by atoms with Gasteiger partial charge in [0.05, 0.1) is 21.5 Å². The number of nitrogens with one attached hydrogen (secondary N) is 1. The van der Waals surface area contributed by atoms with Crippen molar-refractivity contribution in [1.29, 1.82) is 0 Å². The Balaban J connectivity index is 1.70. The summed E-state index contributed by atoms with van der Waals surface area (Å²) in [5.74, 6) is 0.567. The first-order chi connectivity index (χ1) is 13.0. The van der Waals surface area contributed by atoms with Crippen LogP contribution in [0.15, 0.2) is 41.8 Å². The molecule has 27 heavy (non-hydrogen) atoms. The maximum Gasteiger partial charge on any atom is 0.234 e. The van der Waals surface area contributed by atoms with Crippen LogP contribution >= 0.6 is 46.6 Å². The molecule has 0 bridgehead atoms. The first kappa shape index (κ1) is 19.9. The second kappa shape index (κ2) is 8.93. The second-order valence-electron chi connectivity index (χ2n) is 5.37. The molecule has 0 saturated carbocycles. The Labute approximate surface area is 175 Å². The summed E-state index contributed by atoms with van der Waals surface area (Å²) in [6.07, 6.45) is 3.42. The maximum atomic E-state index is 12.3. The quantitative estimate of drug-likeness (QED) is 0.541. The van der Waals surface area contributed by atoms with Gasteiger partial charge in [0, 0.05) is 29.5 Å². The van der Waals surface area contributed by atoms with E-state index in [2.05, 4.69) is 20.5 Å². The van der Waals surface area contributed by atoms with Gasteiger partial charge in [0.15, 0.2) is 11.0 Å². The predicted octanol–water partition coefficient (Wildman–Crippen LogP) is 5.05. The van der Waals surface area contributed by atoms with Crippen LogP contribution < -0.4 is 5.32 Å². The smallest absolute Gasteiger partial charge is 0.234 e. The van der Waals surface area contributed by atoms with Gasteiger partial charge in [0.1, 0.15) is 0 Å². The largest absolute Gasteiger partial charge is 0.323 e. The van der Waals surface area contributed by atoms with Crippen LogP contribution in [-0.4, -0.2) is 31.4 Å². The third-order valence-corrected chi connectivity index (χ3v) is 5.34. The molecule has 0 aliphatic heterocycles. The summed E-state index contributed by atoms with van der Waals surface area (Å²) >= 11 is 19.3. The fraction of sp³-hybridized carbons (Fsp3) is 0.176. The number of rotatable bonds is 6. The third-order valence-electron chi connectivity index (χ3n) is 3.56. The lowest BCUT2D eigenvalue weighted by atomic mass is 10.3. The predicted molar refractivity (Wildman–Crippen MR) is 110 cm³/mol. The van der Waals surface area contributed by atoms with E-state index >= 15 is 0 Å². The lowest BCUT2D eigenvalue weighted by Crippen LogP contribution is -2.15. The molecule has 1 amide bonds. The van der Waals surface area contributed by atoms with Crippen molar-refractivity contribution in [3.8, 4) is 11.4 Å². The van der Waals surface area contributed by atoms with E-state index in [1.807, 2.05) is 23.6 Å². The molecule has 10 heteroatoms. The molecule has 0 atom stereocenters. The first-order valence-corrected chi connectivity index (χ1v) is 10.0. The Morgan fingerprint density at radius 1 is 1.22 bits per heavy atom. The SMILES string of the molecule is CCn1c(SCC(=O)Nc2c(Cl)cc(Cl)cc2Cl)nnc1-c1cccnc1. The number of hydrogen-bond acceptors (Lipinski definition) is 5. The van der Waals surface area contributed by atoms with Crippen LogP contribution in [0.4, 0.5) is 5.69 Å². The molecule has 0 aliphatic carbocycles. The summed E-state index contributed by atoms with van der Waals surface area (Å²) in [6, 6.07) is 6.79. The minimum absolute atomic E-state index is 0.125. The van der Waals surface area contributed by atoms with Gasteiger partial charge in [-0.25, -0.2) is 0 Å². The van der Waals surface area contributed by atoms with Crippen LogP contribution in [0.3, 0.4) is 0 Å². The van der Waals surface area contributed by atoms with Crippen molar-refractivity contribution in [2.75, 3.05) is 11.1 Å². The Hall–Kier alpha value is -1.80. The number of pyridine rings is 1. The highest BCUT2D eigenvalue weighted by Gasteiger charge is 2.16. The van der Waals surface area contributed by atoms with Crippen molar-refractivity contribution >= 4 is 58.2 Å². The zero-order valence-electron chi connectivity index (χ0n) is 14.1. The van der Waals surface area contributed by atoms with E-state index in [0.717, 1.165) is 5.56 Å². The zero-order valence-corrected chi connectivity index (χ0v) is 17.2. The van der Waals surface area contributed by atoms with Gasteiger partial charge in [0.25, 0.3) is 0 Å². The van der Waals surface area contributed by atoms with Crippen LogP contribution in [-0.2, 0) is 11.3 Å². The number of carbonyl (C=O) groups excluding carboxylic acids is 1. The summed E-state index contributed by atoms with van der Waals surface area (Å²) in [5, 5.41) is 12.7. The van der Waals surface area contributed by atoms with Crippen LogP contribution in [0.1, 0.15) is 6.92 Å². The Kier molecular flexibility index (Phi) is 6.59. The number of hydrogen-bond donors (Lipinski definition) is 1. The second-order valence-corrected chi connectivity index (χ2v) is 7.57. The number of carbonyl (C=O) groups is 1. The number of nitrogens with zero attached hydrogens (tertiary/aromatic N) is 4. The third kappa shape index (κ3) is 4.73. The summed E-state index contributed by atoms with van der Waals surface area (Å²) in [5.41, 5.74) is 1.20. The first-order valence-electron chi connectivity index (χ1n) is 7.90. The number of anilines is 1. The molecule has 2 heterocycles. The van der Waals surface area contributed by atoms with E-state index in [-0.39, 0.29) is 21.7 Å². The molecule has 3 aromatic rings. The van der Waals surface area contributed by atoms with E-state index in [4.69, 9.17) is 34.8 Å². The van der Waals surface area contributed by atoms with E-state index < -0.39 is 0 Å². The molecule has 0 radical (unpaired) electrons. The van der Waals surface area contributed by atoms with Gasteiger partial charge in [0.2, 0.25) is 5.91 Å². The lowest BCUT2D eigenvalue weighted by Gasteiger charge is -2.10. The van der Waals surface area contributed by atoms with Crippen LogP contribution in [0.5, 0.6) is 0 Å². The summed E-state index contributed by atoms with van der Waals surface area (Å²) in [4.78, 5) is 16.4. The lowest BCUT2D eigenvalue weighted by molar-refractivity contribution is -0.113. The summed E-state index contributed by atoms with van der Waals surface area (Å²) < 4.78 is 1.93. The number of amides is 1. The molecular weight excluding hydrogens is 429 g/mol. The molecule has 3 rings (SSSR count). The van der Waals surface area contributed by atoms with Crippen molar-refractivity contribution in [3.05, 3.63) is 51.7 Å². The topological polar surface area (TPSA) is 72.7 Å². The number of halogens is 3. The number of benzene rings is 1. The van der Waals surface area contributed by atoms with Crippen LogP contribution in [0, 0.1) is 0 Å². The normalized spacial score (nSPS) is 10.8. The standard InChI is InChI=1S/C17H14Cl3N5OS/c1-2-25-16(10-4-3-5-21-8-10)23-24-17(25)27-9-14(26)22-15-12(19)6-11(18)7-13(15)20/h3-8H,2,9H2,1H3,(H,22,26). The average Bonchev–Trinajstić information content (AvgIpc) is 3.06. The molecule has 140 valence electrons. The highest BCUT2D eigenvalue weighted by molar-refractivity contribution is 7.99. The number of thioether (sulfide) groups is 1. The number of aromatic nitrogens is 4. The molecule has 0 aliphatic rings. The summed E-state index contributed by atoms with van der Waals surface area (Å²) in [6.45, 7) is 2.65. The molecule has 0 fully saturated rings. The Morgan fingerprint density at radius 2 is 1.96 bits per heavy atom. The fourth-order valence-electron chi connectivity index (χ4n) is 2.36. The van der Waals surface area contributed by atoms with Gasteiger partial charge in [-0.05, 0) is 31.2 Å². The molecule has 0 saturated heterocycles. The van der Waals surface area contributed by atoms with Gasteiger partial charge in [-0.15, -0.1) is 10.2 Å². The molecule has 0 spiro atoms. The molecule has 6 nitrogen and oxygen atoms in total. The van der Waals surface area contributed by atoms with Crippen LogP contribution in [0.2, 0.25) is 15.1 Å². The highest BCUT2D eigenvalue weighted by Crippen LogP contribution is 2.34. The van der Waals surface area contributed by atoms with Crippen molar-refractivity contribution in [2.45, 2.75) is 18.6 Å². The van der Waals surface area contributed by atoms with Crippen molar-refractivity contribution < 1.29 is 4.79 Å². The van der Waals surface area contributed by atoms with Crippen LogP contribution in [0.25, 0.3) is 11.4 Å². The zero-order chi connectivity index (χ0) is 19.4. The fourth-order valence-corrected chi connectivity index (χ4v) is 4.07.